The van der Waals surface area contributed by atoms with E-state index >= 15 is 0 Å². The number of carbonyl (C=O) groups is 1. The molecule has 1 aliphatic heterocycles. The van der Waals surface area contributed by atoms with Crippen molar-refractivity contribution in [1.82, 2.24) is 9.88 Å². The molecule has 152 valence electrons. The second kappa shape index (κ2) is 8.43. The van der Waals surface area contributed by atoms with Gasteiger partial charge in [-0.15, -0.1) is 23.1 Å². The van der Waals surface area contributed by atoms with Gasteiger partial charge in [0, 0.05) is 42.0 Å². The number of ether oxygens (including phenoxy) is 1. The molecule has 0 atom stereocenters. The lowest BCUT2D eigenvalue weighted by Crippen LogP contribution is -2.46. The zero-order valence-corrected chi connectivity index (χ0v) is 18.5. The first-order chi connectivity index (χ1) is 13.1. The Balaban J connectivity index is 1.56. The molecule has 1 saturated heterocycles. The van der Waals surface area contributed by atoms with Crippen LogP contribution in [0.3, 0.4) is 0 Å². The van der Waals surface area contributed by atoms with Gasteiger partial charge in [-0.25, -0.2) is 9.78 Å². The van der Waals surface area contributed by atoms with Gasteiger partial charge in [0.15, 0.2) is 0 Å². The molecule has 0 spiro atoms. The molecule has 1 aromatic carbocycles. The first-order valence-corrected chi connectivity index (χ1v) is 11.4. The van der Waals surface area contributed by atoms with E-state index in [0.29, 0.717) is 25.9 Å². The molecule has 1 fully saturated rings. The summed E-state index contributed by atoms with van der Waals surface area (Å²) in [5, 5.41) is 13.8. The molecule has 2 heterocycles. The van der Waals surface area contributed by atoms with E-state index in [1.807, 2.05) is 26.2 Å². The molecule has 1 aromatic heterocycles. The number of benzene rings is 1. The number of nitrogens with zero attached hydrogens (tertiary/aromatic N) is 2. The molecule has 0 radical (unpaired) electrons. The summed E-state index contributed by atoms with van der Waals surface area (Å²) in [4.78, 5) is 19.8. The largest absolute Gasteiger partial charge is 0.444 e. The summed E-state index contributed by atoms with van der Waals surface area (Å²) in [6.07, 6.45) is 0.637. The zero-order valence-electron chi connectivity index (χ0n) is 16.9. The Morgan fingerprint density at radius 2 is 1.93 bits per heavy atom. The topological polar surface area (TPSA) is 62.7 Å². The minimum atomic E-state index is -0.962. The Kier molecular flexibility index (Phi) is 6.37. The van der Waals surface area contributed by atoms with Crippen LogP contribution in [0.15, 0.2) is 34.5 Å². The third-order valence-electron chi connectivity index (χ3n) is 4.60. The molecule has 1 amide bonds. The van der Waals surface area contributed by atoms with Crippen LogP contribution in [0.25, 0.3) is 0 Å². The van der Waals surface area contributed by atoms with Crippen LogP contribution in [-0.4, -0.2) is 39.8 Å². The van der Waals surface area contributed by atoms with Gasteiger partial charge in [0.2, 0.25) is 0 Å². The maximum atomic E-state index is 12.2. The normalized spacial score (nSPS) is 16.8. The van der Waals surface area contributed by atoms with E-state index in [0.717, 1.165) is 16.5 Å². The van der Waals surface area contributed by atoms with Crippen LogP contribution in [0, 0.1) is 6.92 Å². The molecule has 0 unspecified atom stereocenters. The van der Waals surface area contributed by atoms with Crippen molar-refractivity contribution in [3.8, 4) is 0 Å². The minimum Gasteiger partial charge on any atom is -0.444 e. The van der Waals surface area contributed by atoms with Gasteiger partial charge in [0.1, 0.15) is 16.2 Å². The second-order valence-electron chi connectivity index (χ2n) is 8.24. The summed E-state index contributed by atoms with van der Waals surface area (Å²) < 4.78 is 5.43. The Labute approximate surface area is 175 Å². The molecule has 5 nitrogen and oxygen atoms in total. The highest BCUT2D eigenvalue weighted by atomic mass is 32.2. The van der Waals surface area contributed by atoms with Gasteiger partial charge in [-0.2, -0.15) is 0 Å². The lowest BCUT2D eigenvalue weighted by atomic mass is 9.92. The van der Waals surface area contributed by atoms with Crippen molar-refractivity contribution in [3.05, 3.63) is 45.9 Å². The fourth-order valence-electron chi connectivity index (χ4n) is 2.98. The number of amides is 1. The number of hydrogen-bond acceptors (Lipinski definition) is 6. The smallest absolute Gasteiger partial charge is 0.410 e. The molecule has 0 bridgehead atoms. The standard InChI is InChI=1S/C21H28N2O3S2/c1-15-5-7-17(8-6-15)27-13-16-14-28-18(22-16)21(25)9-11-23(12-10-21)19(24)26-20(2,3)4/h5-8,14,25H,9-13H2,1-4H3. The van der Waals surface area contributed by atoms with Gasteiger partial charge in [-0.1, -0.05) is 17.7 Å². The molecule has 2 aromatic rings. The summed E-state index contributed by atoms with van der Waals surface area (Å²) in [5.74, 6) is 0.777. The summed E-state index contributed by atoms with van der Waals surface area (Å²) in [6.45, 7) is 8.59. The second-order valence-corrected chi connectivity index (χ2v) is 10.2. The van der Waals surface area contributed by atoms with Crippen LogP contribution >= 0.6 is 23.1 Å². The van der Waals surface area contributed by atoms with Crippen LogP contribution in [0.1, 0.15) is 49.9 Å². The molecule has 28 heavy (non-hydrogen) atoms. The highest BCUT2D eigenvalue weighted by Gasteiger charge is 2.38. The van der Waals surface area contributed by atoms with E-state index in [9.17, 15) is 9.90 Å². The number of aliphatic hydroxyl groups is 1. The Bertz CT molecular complexity index is 804. The van der Waals surface area contributed by atoms with Crippen molar-refractivity contribution in [2.24, 2.45) is 0 Å². The summed E-state index contributed by atoms with van der Waals surface area (Å²) >= 11 is 3.25. The Morgan fingerprint density at radius 1 is 1.29 bits per heavy atom. The van der Waals surface area contributed by atoms with Gasteiger partial charge >= 0.3 is 6.09 Å². The molecule has 1 N–H and O–H groups in total. The van der Waals surface area contributed by atoms with Crippen molar-refractivity contribution in [2.45, 2.75) is 62.4 Å². The van der Waals surface area contributed by atoms with Gasteiger partial charge in [-0.3, -0.25) is 0 Å². The monoisotopic (exact) mass is 420 g/mol. The summed E-state index contributed by atoms with van der Waals surface area (Å²) in [6, 6.07) is 8.45. The third kappa shape index (κ3) is 5.49. The predicted octanol–water partition coefficient (Wildman–Crippen LogP) is 4.96. The summed E-state index contributed by atoms with van der Waals surface area (Å²) in [5.41, 5.74) is 0.758. The molecule has 7 heteroatoms. The lowest BCUT2D eigenvalue weighted by Gasteiger charge is -2.37. The van der Waals surface area contributed by atoms with Crippen molar-refractivity contribution in [1.29, 1.82) is 0 Å². The highest BCUT2D eigenvalue weighted by Crippen LogP contribution is 2.36. The lowest BCUT2D eigenvalue weighted by molar-refractivity contribution is -0.0357. The average molecular weight is 421 g/mol. The van der Waals surface area contributed by atoms with Crippen molar-refractivity contribution >= 4 is 29.2 Å². The predicted molar refractivity (Wildman–Crippen MR) is 114 cm³/mol. The van der Waals surface area contributed by atoms with Crippen molar-refractivity contribution in [2.75, 3.05) is 13.1 Å². The molecule has 3 rings (SSSR count). The quantitative estimate of drug-likeness (QED) is 0.708. The van der Waals surface area contributed by atoms with E-state index < -0.39 is 11.2 Å². The third-order valence-corrected chi connectivity index (χ3v) is 6.73. The molecular weight excluding hydrogens is 392 g/mol. The Hall–Kier alpha value is -1.57. The fourth-order valence-corrected chi connectivity index (χ4v) is 4.85. The first-order valence-electron chi connectivity index (χ1n) is 9.49. The van der Waals surface area contributed by atoms with Crippen molar-refractivity contribution < 1.29 is 14.6 Å². The number of piperidine rings is 1. The SMILES string of the molecule is Cc1ccc(SCc2csc(C3(O)CCN(C(=O)OC(C)(C)C)CC3)n2)cc1. The average Bonchev–Trinajstić information content (AvgIpc) is 3.10. The number of rotatable bonds is 4. The van der Waals surface area contributed by atoms with E-state index in [4.69, 9.17) is 4.74 Å². The number of thioether (sulfide) groups is 1. The van der Waals surface area contributed by atoms with Crippen LogP contribution in [0.5, 0.6) is 0 Å². The van der Waals surface area contributed by atoms with Gasteiger partial charge in [-0.05, 0) is 39.8 Å². The number of thiazole rings is 1. The first kappa shape index (κ1) is 21.1. The van der Waals surface area contributed by atoms with E-state index in [2.05, 4.69) is 36.2 Å². The molecular formula is C21H28N2O3S2. The van der Waals surface area contributed by atoms with Gasteiger partial charge < -0.3 is 14.7 Å². The number of likely N-dealkylation sites (tertiary alicyclic amines) is 1. The highest BCUT2D eigenvalue weighted by molar-refractivity contribution is 7.98. The molecule has 0 saturated carbocycles. The zero-order chi connectivity index (χ0) is 20.4. The van der Waals surface area contributed by atoms with Crippen LogP contribution < -0.4 is 0 Å². The number of aromatic nitrogens is 1. The van der Waals surface area contributed by atoms with E-state index in [-0.39, 0.29) is 6.09 Å². The van der Waals surface area contributed by atoms with Crippen molar-refractivity contribution in [3.63, 3.8) is 0 Å². The van der Waals surface area contributed by atoms with Crippen LogP contribution in [0.4, 0.5) is 4.79 Å². The summed E-state index contributed by atoms with van der Waals surface area (Å²) in [7, 11) is 0. The van der Waals surface area contributed by atoms with E-state index in [1.54, 1.807) is 16.7 Å². The maximum absolute atomic E-state index is 12.2. The molecule has 1 aliphatic rings. The molecule has 0 aliphatic carbocycles. The van der Waals surface area contributed by atoms with E-state index in [1.165, 1.54) is 21.8 Å². The maximum Gasteiger partial charge on any atom is 0.410 e. The fraction of sp³-hybridized carbons (Fsp3) is 0.524. The number of carbonyl (C=O) groups excluding carboxylic acids is 1. The minimum absolute atomic E-state index is 0.316. The van der Waals surface area contributed by atoms with Gasteiger partial charge in [0.25, 0.3) is 0 Å². The van der Waals surface area contributed by atoms with Crippen LogP contribution in [0.2, 0.25) is 0 Å². The number of aryl methyl sites for hydroxylation is 1. The van der Waals surface area contributed by atoms with Gasteiger partial charge in [0.05, 0.1) is 5.69 Å². The van der Waals surface area contributed by atoms with Crippen LogP contribution in [-0.2, 0) is 16.1 Å². The number of hydrogen-bond donors (Lipinski definition) is 1. The Morgan fingerprint density at radius 3 is 2.54 bits per heavy atom.